The molecule has 0 aromatic heterocycles. The summed E-state index contributed by atoms with van der Waals surface area (Å²) in [6.45, 7) is 12.0. The van der Waals surface area contributed by atoms with Gasteiger partial charge in [0.15, 0.2) is 0 Å². The number of aryl methyl sites for hydroxylation is 3. The van der Waals surface area contributed by atoms with Crippen molar-refractivity contribution in [2.45, 2.75) is 53.5 Å². The summed E-state index contributed by atoms with van der Waals surface area (Å²) in [5.41, 5.74) is 5.67. The molecule has 0 amide bonds. The number of hydrogen-bond donors (Lipinski definition) is 1. The van der Waals surface area contributed by atoms with Gasteiger partial charge in [0, 0.05) is 6.04 Å². The van der Waals surface area contributed by atoms with Crippen LogP contribution in [0.1, 0.15) is 42.5 Å². The second-order valence-electron chi connectivity index (χ2n) is 5.45. The van der Waals surface area contributed by atoms with Crippen LogP contribution in [0.15, 0.2) is 24.3 Å². The molecule has 1 N–H and O–H groups in total. The van der Waals surface area contributed by atoms with Crippen LogP contribution < -0.4 is 5.32 Å². The monoisotopic (exact) mass is 245 g/mol. The summed E-state index contributed by atoms with van der Waals surface area (Å²) < 4.78 is 0. The quantitative estimate of drug-likeness (QED) is 0.588. The van der Waals surface area contributed by atoms with Gasteiger partial charge in [0.05, 0.1) is 0 Å². The van der Waals surface area contributed by atoms with Crippen LogP contribution in [0.5, 0.6) is 0 Å². The molecule has 0 bridgehead atoms. The normalized spacial score (nSPS) is 11.7. The van der Waals surface area contributed by atoms with Crippen molar-refractivity contribution in [3.05, 3.63) is 46.5 Å². The first-order chi connectivity index (χ1) is 8.50. The van der Waals surface area contributed by atoms with Gasteiger partial charge in [-0.05, 0) is 56.8 Å². The van der Waals surface area contributed by atoms with Gasteiger partial charge >= 0.3 is 0 Å². The fourth-order valence-corrected chi connectivity index (χ4v) is 2.31. The first-order valence-electron chi connectivity index (χ1n) is 6.96. The Hall–Kier alpha value is -1.08. The van der Waals surface area contributed by atoms with Crippen LogP contribution in [0, 0.1) is 20.8 Å². The van der Waals surface area contributed by atoms with E-state index in [0.29, 0.717) is 6.04 Å². The Morgan fingerprint density at radius 3 is 2.22 bits per heavy atom. The van der Waals surface area contributed by atoms with E-state index in [4.69, 9.17) is 0 Å². The van der Waals surface area contributed by atoms with Crippen LogP contribution in [-0.2, 0) is 6.42 Å². The fourth-order valence-electron chi connectivity index (χ4n) is 2.31. The van der Waals surface area contributed by atoms with Crippen LogP contribution in [0.4, 0.5) is 0 Å². The van der Waals surface area contributed by atoms with E-state index in [1.165, 1.54) is 22.3 Å². The second-order valence-corrected chi connectivity index (χ2v) is 5.45. The summed E-state index contributed by atoms with van der Waals surface area (Å²) in [5, 5.41) is 3.42. The third-order valence-corrected chi connectivity index (χ3v) is 3.19. The van der Waals surface area contributed by atoms with Gasteiger partial charge in [-0.25, -0.2) is 0 Å². The Kier molecular flexibility index (Phi) is 6.14. The predicted molar refractivity (Wildman–Crippen MR) is 81.3 cm³/mol. The molecule has 0 heterocycles. The fraction of sp³-hybridized carbons (Fsp3) is 0.529. The topological polar surface area (TPSA) is 12.0 Å². The number of nitrogens with one attached hydrogen (secondary N) is 1. The first-order valence-corrected chi connectivity index (χ1v) is 6.96. The molecular formula is C17H27N. The highest BCUT2D eigenvalue weighted by molar-refractivity contribution is 5.38. The molecule has 1 heteroatoms. The van der Waals surface area contributed by atoms with E-state index in [0.717, 1.165) is 19.4 Å². The molecule has 18 heavy (non-hydrogen) atoms. The molecule has 0 aliphatic rings. The Morgan fingerprint density at radius 1 is 1.06 bits per heavy atom. The van der Waals surface area contributed by atoms with Gasteiger partial charge in [0.25, 0.3) is 0 Å². The third kappa shape index (κ3) is 5.05. The summed E-state index contributed by atoms with van der Waals surface area (Å²) >= 11 is 0. The summed E-state index contributed by atoms with van der Waals surface area (Å²) in [6.07, 6.45) is 6.75. The zero-order valence-corrected chi connectivity index (χ0v) is 12.5. The third-order valence-electron chi connectivity index (χ3n) is 3.19. The van der Waals surface area contributed by atoms with E-state index >= 15 is 0 Å². The maximum atomic E-state index is 3.42. The minimum atomic E-state index is 0.583. The molecule has 1 aromatic carbocycles. The lowest BCUT2D eigenvalue weighted by Crippen LogP contribution is -2.23. The van der Waals surface area contributed by atoms with Gasteiger partial charge in [-0.15, -0.1) is 0 Å². The smallest absolute Gasteiger partial charge is 0.00105 e. The van der Waals surface area contributed by atoms with E-state index in [1.807, 2.05) is 0 Å². The molecule has 0 atom stereocenters. The standard InChI is InChI=1S/C17H27N/c1-13(2)18-10-8-6-7-9-17-15(4)11-14(3)12-16(17)5/h6-7,11-13,18H,8-10H2,1-5H3. The van der Waals surface area contributed by atoms with Gasteiger partial charge < -0.3 is 5.32 Å². The molecule has 1 nitrogen and oxygen atoms in total. The summed E-state index contributed by atoms with van der Waals surface area (Å²) in [5.74, 6) is 0. The van der Waals surface area contributed by atoms with Gasteiger partial charge in [-0.1, -0.05) is 43.7 Å². The largest absolute Gasteiger partial charge is 0.314 e. The maximum absolute atomic E-state index is 3.42. The molecule has 1 aromatic rings. The molecule has 1 rings (SSSR count). The maximum Gasteiger partial charge on any atom is 0.00105 e. The van der Waals surface area contributed by atoms with E-state index in [1.54, 1.807) is 0 Å². The average Bonchev–Trinajstić information content (AvgIpc) is 2.25. The van der Waals surface area contributed by atoms with Crippen LogP contribution in [0.2, 0.25) is 0 Å². The van der Waals surface area contributed by atoms with Gasteiger partial charge in [-0.2, -0.15) is 0 Å². The van der Waals surface area contributed by atoms with Crippen molar-refractivity contribution in [3.63, 3.8) is 0 Å². The summed E-state index contributed by atoms with van der Waals surface area (Å²) in [7, 11) is 0. The zero-order chi connectivity index (χ0) is 13.5. The average molecular weight is 245 g/mol. The molecule has 0 saturated heterocycles. The molecule has 0 aliphatic heterocycles. The zero-order valence-electron chi connectivity index (χ0n) is 12.5. The highest BCUT2D eigenvalue weighted by atomic mass is 14.9. The molecule has 0 unspecified atom stereocenters. The van der Waals surface area contributed by atoms with Crippen LogP contribution >= 0.6 is 0 Å². The molecule has 0 aliphatic carbocycles. The number of allylic oxidation sites excluding steroid dienone is 1. The Morgan fingerprint density at radius 2 is 1.67 bits per heavy atom. The molecular weight excluding hydrogens is 218 g/mol. The summed E-state index contributed by atoms with van der Waals surface area (Å²) in [6, 6.07) is 5.13. The van der Waals surface area contributed by atoms with E-state index in [9.17, 15) is 0 Å². The van der Waals surface area contributed by atoms with Crippen LogP contribution in [-0.4, -0.2) is 12.6 Å². The van der Waals surface area contributed by atoms with Crippen molar-refractivity contribution >= 4 is 0 Å². The lowest BCUT2D eigenvalue weighted by Gasteiger charge is -2.09. The van der Waals surface area contributed by atoms with Crippen molar-refractivity contribution in [1.82, 2.24) is 5.32 Å². The van der Waals surface area contributed by atoms with Gasteiger partial charge in [0.2, 0.25) is 0 Å². The van der Waals surface area contributed by atoms with Crippen molar-refractivity contribution < 1.29 is 0 Å². The minimum absolute atomic E-state index is 0.583. The van der Waals surface area contributed by atoms with Gasteiger partial charge in [-0.3, -0.25) is 0 Å². The number of rotatable bonds is 6. The van der Waals surface area contributed by atoms with Crippen molar-refractivity contribution in [2.75, 3.05) is 6.54 Å². The minimum Gasteiger partial charge on any atom is -0.314 e. The number of hydrogen-bond acceptors (Lipinski definition) is 1. The van der Waals surface area contributed by atoms with Crippen LogP contribution in [0.3, 0.4) is 0 Å². The Balaban J connectivity index is 2.46. The van der Waals surface area contributed by atoms with Crippen molar-refractivity contribution in [3.8, 4) is 0 Å². The first kappa shape index (κ1) is 15.0. The predicted octanol–water partition coefficient (Wildman–Crippen LogP) is 4.10. The van der Waals surface area contributed by atoms with Crippen molar-refractivity contribution in [2.24, 2.45) is 0 Å². The lowest BCUT2D eigenvalue weighted by atomic mass is 9.97. The number of benzene rings is 1. The van der Waals surface area contributed by atoms with E-state index < -0.39 is 0 Å². The highest BCUT2D eigenvalue weighted by Gasteiger charge is 2.01. The van der Waals surface area contributed by atoms with Gasteiger partial charge in [0.1, 0.15) is 0 Å². The lowest BCUT2D eigenvalue weighted by molar-refractivity contribution is 0.594. The molecule has 0 spiro atoms. The SMILES string of the molecule is Cc1cc(C)c(CC=CCCNC(C)C)c(C)c1. The van der Waals surface area contributed by atoms with Crippen LogP contribution in [0.25, 0.3) is 0 Å². The van der Waals surface area contributed by atoms with Crippen molar-refractivity contribution in [1.29, 1.82) is 0 Å². The highest BCUT2D eigenvalue weighted by Crippen LogP contribution is 2.17. The molecule has 100 valence electrons. The summed E-state index contributed by atoms with van der Waals surface area (Å²) in [4.78, 5) is 0. The Labute approximate surface area is 112 Å². The molecule has 0 radical (unpaired) electrons. The van der Waals surface area contributed by atoms with E-state index in [-0.39, 0.29) is 0 Å². The molecule has 0 fully saturated rings. The Bertz CT molecular complexity index is 379. The van der Waals surface area contributed by atoms with E-state index in [2.05, 4.69) is 64.2 Å². The second kappa shape index (κ2) is 7.38. The molecule has 0 saturated carbocycles.